The van der Waals surface area contributed by atoms with Gasteiger partial charge in [0.15, 0.2) is 0 Å². The molecule has 7 heteroatoms. The number of hydrogen-bond acceptors (Lipinski definition) is 5. The molecule has 3 N–H and O–H groups in total. The first-order chi connectivity index (χ1) is 10.6. The molecule has 0 saturated carbocycles. The number of benzene rings is 1. The third-order valence-electron chi connectivity index (χ3n) is 3.19. The Hall–Kier alpha value is -1.18. The molecular formula is C15H20N2O3S2. The van der Waals surface area contributed by atoms with Gasteiger partial charge in [0.25, 0.3) is 0 Å². The molecule has 1 aromatic rings. The maximum atomic E-state index is 11.8. The van der Waals surface area contributed by atoms with Crippen LogP contribution in [0.3, 0.4) is 0 Å². The van der Waals surface area contributed by atoms with E-state index in [4.69, 9.17) is 0 Å². The van der Waals surface area contributed by atoms with E-state index >= 15 is 0 Å². The predicted molar refractivity (Wildman–Crippen MR) is 90.9 cm³/mol. The number of amides is 2. The van der Waals surface area contributed by atoms with E-state index in [0.29, 0.717) is 18.1 Å². The van der Waals surface area contributed by atoms with E-state index in [0.717, 1.165) is 17.1 Å². The molecule has 22 heavy (non-hydrogen) atoms. The van der Waals surface area contributed by atoms with Gasteiger partial charge in [0, 0.05) is 36.1 Å². The lowest BCUT2D eigenvalue weighted by Crippen LogP contribution is -2.50. The van der Waals surface area contributed by atoms with E-state index in [1.807, 2.05) is 30.3 Å². The minimum atomic E-state index is -0.943. The van der Waals surface area contributed by atoms with Crippen molar-refractivity contribution in [3.8, 4) is 0 Å². The Kier molecular flexibility index (Phi) is 6.60. The smallest absolute Gasteiger partial charge is 0.309 e. The molecule has 1 heterocycles. The first-order valence-corrected chi connectivity index (χ1v) is 9.38. The molecule has 0 aliphatic carbocycles. The van der Waals surface area contributed by atoms with Crippen molar-refractivity contribution in [1.82, 2.24) is 10.6 Å². The summed E-state index contributed by atoms with van der Waals surface area (Å²) in [7, 11) is 0. The van der Waals surface area contributed by atoms with Crippen LogP contribution in [0.2, 0.25) is 0 Å². The summed E-state index contributed by atoms with van der Waals surface area (Å²) in [5.74, 6) is 1.76. The summed E-state index contributed by atoms with van der Waals surface area (Å²) < 4.78 is 0. The Balaban J connectivity index is 1.75. The molecule has 1 aromatic carbocycles. The molecule has 0 unspecified atom stereocenters. The second-order valence-electron chi connectivity index (χ2n) is 5.18. The molecule has 1 fully saturated rings. The van der Waals surface area contributed by atoms with Crippen LogP contribution in [0.1, 0.15) is 5.56 Å². The number of carbonyl (C=O) groups is 2. The van der Waals surface area contributed by atoms with Gasteiger partial charge in [-0.25, -0.2) is 0 Å². The summed E-state index contributed by atoms with van der Waals surface area (Å²) in [6.07, 6.45) is 0. The van der Waals surface area contributed by atoms with Gasteiger partial charge in [-0.1, -0.05) is 30.3 Å². The summed E-state index contributed by atoms with van der Waals surface area (Å²) in [4.78, 5) is 23.5. The van der Waals surface area contributed by atoms with Crippen LogP contribution < -0.4 is 10.6 Å². The van der Waals surface area contributed by atoms with Gasteiger partial charge in [0.05, 0.1) is 5.60 Å². The molecule has 1 aliphatic rings. The molecule has 0 spiro atoms. The highest BCUT2D eigenvalue weighted by molar-refractivity contribution is 8.03. The molecule has 1 aliphatic heterocycles. The van der Waals surface area contributed by atoms with E-state index in [9.17, 15) is 14.7 Å². The highest BCUT2D eigenvalue weighted by Crippen LogP contribution is 2.24. The van der Waals surface area contributed by atoms with Crippen LogP contribution in [0.5, 0.6) is 0 Å². The molecule has 2 rings (SSSR count). The minimum absolute atomic E-state index is 0.102. The summed E-state index contributed by atoms with van der Waals surface area (Å²) >= 11 is 3.34. The summed E-state index contributed by atoms with van der Waals surface area (Å²) in [5.41, 5.74) is -0.0138. The molecule has 0 aromatic heterocycles. The summed E-state index contributed by atoms with van der Waals surface area (Å²) in [6.45, 7) is 0.410. The second kappa shape index (κ2) is 8.45. The van der Waals surface area contributed by atoms with Gasteiger partial charge >= 0.3 is 11.8 Å². The molecule has 0 atom stereocenters. The first kappa shape index (κ1) is 17.2. The van der Waals surface area contributed by atoms with Crippen molar-refractivity contribution in [2.45, 2.75) is 12.1 Å². The Bertz CT molecular complexity index is 503. The average Bonchev–Trinajstić information content (AvgIpc) is 2.76. The topological polar surface area (TPSA) is 78.4 Å². The van der Waals surface area contributed by atoms with Crippen molar-refractivity contribution >= 4 is 35.3 Å². The van der Waals surface area contributed by atoms with Crippen LogP contribution in [0.4, 0.5) is 0 Å². The van der Waals surface area contributed by atoms with Crippen LogP contribution in [-0.4, -0.2) is 52.1 Å². The van der Waals surface area contributed by atoms with Gasteiger partial charge in [-0.05, 0) is 5.56 Å². The fourth-order valence-corrected chi connectivity index (χ4v) is 4.50. The lowest BCUT2D eigenvalue weighted by atomic mass is 10.1. The summed E-state index contributed by atoms with van der Waals surface area (Å²) in [5, 5.41) is 15.5. The molecule has 5 nitrogen and oxygen atoms in total. The number of rotatable bonds is 4. The zero-order valence-electron chi connectivity index (χ0n) is 12.2. The maximum absolute atomic E-state index is 11.8. The van der Waals surface area contributed by atoms with Crippen LogP contribution in [0.15, 0.2) is 30.3 Å². The highest BCUT2D eigenvalue weighted by Gasteiger charge is 2.30. The van der Waals surface area contributed by atoms with Gasteiger partial charge in [0.1, 0.15) is 0 Å². The Morgan fingerprint density at radius 1 is 1.05 bits per heavy atom. The maximum Gasteiger partial charge on any atom is 0.309 e. The van der Waals surface area contributed by atoms with Crippen molar-refractivity contribution in [1.29, 1.82) is 0 Å². The number of thioether (sulfide) groups is 2. The summed E-state index contributed by atoms with van der Waals surface area (Å²) in [6, 6.07) is 9.39. The largest absolute Gasteiger partial charge is 0.386 e. The van der Waals surface area contributed by atoms with Gasteiger partial charge in [0.2, 0.25) is 0 Å². The van der Waals surface area contributed by atoms with Gasteiger partial charge < -0.3 is 15.7 Å². The first-order valence-electron chi connectivity index (χ1n) is 7.07. The van der Waals surface area contributed by atoms with Crippen molar-refractivity contribution in [2.24, 2.45) is 0 Å². The molecule has 1 saturated heterocycles. The van der Waals surface area contributed by atoms with Gasteiger partial charge in [-0.15, -0.1) is 0 Å². The molecular weight excluding hydrogens is 320 g/mol. The van der Waals surface area contributed by atoms with E-state index in [-0.39, 0.29) is 6.54 Å². The van der Waals surface area contributed by atoms with Crippen molar-refractivity contribution < 1.29 is 14.7 Å². The highest BCUT2D eigenvalue weighted by atomic mass is 32.2. The zero-order chi connectivity index (χ0) is 15.8. The Morgan fingerprint density at radius 2 is 1.64 bits per heavy atom. The molecule has 120 valence electrons. The third kappa shape index (κ3) is 5.55. The SMILES string of the molecule is O=C(NCc1ccccc1)C(=O)NCC1(O)CSCCSC1. The molecule has 2 amide bonds. The standard InChI is InChI=1S/C15H20N2O3S2/c18-13(16-8-12-4-2-1-3-5-12)14(19)17-9-15(20)10-21-6-7-22-11-15/h1-5,20H,6-11H2,(H,16,18)(H,17,19). The monoisotopic (exact) mass is 340 g/mol. The van der Waals surface area contributed by atoms with Crippen LogP contribution in [-0.2, 0) is 16.1 Å². The Labute approximate surface area is 138 Å². The van der Waals surface area contributed by atoms with E-state index < -0.39 is 17.4 Å². The van der Waals surface area contributed by atoms with Crippen LogP contribution >= 0.6 is 23.5 Å². The number of aliphatic hydroxyl groups is 1. The number of carbonyl (C=O) groups excluding carboxylic acids is 2. The normalized spacial score (nSPS) is 17.3. The van der Waals surface area contributed by atoms with Crippen molar-refractivity contribution in [3.63, 3.8) is 0 Å². The number of nitrogens with one attached hydrogen (secondary N) is 2. The Morgan fingerprint density at radius 3 is 2.27 bits per heavy atom. The zero-order valence-corrected chi connectivity index (χ0v) is 13.8. The molecule has 0 bridgehead atoms. The van der Waals surface area contributed by atoms with Crippen molar-refractivity contribution in [2.75, 3.05) is 29.6 Å². The fourth-order valence-electron chi connectivity index (χ4n) is 1.97. The van der Waals surface area contributed by atoms with E-state index in [1.165, 1.54) is 0 Å². The van der Waals surface area contributed by atoms with Gasteiger partial charge in [-0.3, -0.25) is 9.59 Å². The minimum Gasteiger partial charge on any atom is -0.386 e. The molecule has 0 radical (unpaired) electrons. The fraction of sp³-hybridized carbons (Fsp3) is 0.467. The predicted octanol–water partition coefficient (Wildman–Crippen LogP) is 0.630. The lowest BCUT2D eigenvalue weighted by molar-refractivity contribution is -0.139. The third-order valence-corrected chi connectivity index (χ3v) is 5.92. The number of hydrogen-bond donors (Lipinski definition) is 3. The van der Waals surface area contributed by atoms with E-state index in [2.05, 4.69) is 10.6 Å². The van der Waals surface area contributed by atoms with Crippen molar-refractivity contribution in [3.05, 3.63) is 35.9 Å². The lowest BCUT2D eigenvalue weighted by Gasteiger charge is -2.25. The van der Waals surface area contributed by atoms with E-state index in [1.54, 1.807) is 23.5 Å². The second-order valence-corrected chi connectivity index (χ2v) is 7.39. The van der Waals surface area contributed by atoms with Crippen LogP contribution in [0, 0.1) is 0 Å². The van der Waals surface area contributed by atoms with Crippen LogP contribution in [0.25, 0.3) is 0 Å². The quantitative estimate of drug-likeness (QED) is 0.701. The van der Waals surface area contributed by atoms with Gasteiger partial charge in [-0.2, -0.15) is 23.5 Å². The average molecular weight is 340 g/mol.